The van der Waals surface area contributed by atoms with Gasteiger partial charge in [-0.2, -0.15) is 0 Å². The van der Waals surface area contributed by atoms with Crippen molar-refractivity contribution in [1.82, 2.24) is 10.2 Å². The molecule has 0 unspecified atom stereocenters. The molecule has 4 nitrogen and oxygen atoms in total. The van der Waals surface area contributed by atoms with Crippen molar-refractivity contribution in [3.05, 3.63) is 35.9 Å². The maximum absolute atomic E-state index is 11.7. The van der Waals surface area contributed by atoms with Crippen molar-refractivity contribution in [1.29, 1.82) is 0 Å². The molecule has 1 aromatic rings. The SMILES string of the molecule is CNC[C@H](C)N(C)C(=O)OCc1ccccc1. The number of benzene rings is 1. The molecule has 1 atom stereocenters. The van der Waals surface area contributed by atoms with Gasteiger partial charge in [0.15, 0.2) is 0 Å². The minimum Gasteiger partial charge on any atom is -0.445 e. The quantitative estimate of drug-likeness (QED) is 0.848. The monoisotopic (exact) mass is 236 g/mol. The van der Waals surface area contributed by atoms with Gasteiger partial charge in [0.25, 0.3) is 0 Å². The number of hydrogen-bond donors (Lipinski definition) is 1. The first-order valence-corrected chi connectivity index (χ1v) is 5.73. The first-order valence-electron chi connectivity index (χ1n) is 5.73. The van der Waals surface area contributed by atoms with Gasteiger partial charge in [0, 0.05) is 19.6 Å². The summed E-state index contributed by atoms with van der Waals surface area (Å²) in [6, 6.07) is 9.77. The van der Waals surface area contributed by atoms with Gasteiger partial charge < -0.3 is 15.0 Å². The number of nitrogens with one attached hydrogen (secondary N) is 1. The highest BCUT2D eigenvalue weighted by atomic mass is 16.6. The Morgan fingerprint density at radius 3 is 2.65 bits per heavy atom. The van der Waals surface area contributed by atoms with Crippen LogP contribution >= 0.6 is 0 Å². The Bertz CT molecular complexity index is 341. The van der Waals surface area contributed by atoms with Crippen molar-refractivity contribution in [2.24, 2.45) is 0 Å². The van der Waals surface area contributed by atoms with Gasteiger partial charge in [-0.1, -0.05) is 30.3 Å². The third-order valence-electron chi connectivity index (χ3n) is 2.65. The fourth-order valence-corrected chi connectivity index (χ4v) is 1.43. The van der Waals surface area contributed by atoms with Gasteiger partial charge in [0.05, 0.1) is 0 Å². The van der Waals surface area contributed by atoms with E-state index in [0.717, 1.165) is 12.1 Å². The summed E-state index contributed by atoms with van der Waals surface area (Å²) in [4.78, 5) is 13.3. The molecule has 1 aromatic carbocycles. The average molecular weight is 236 g/mol. The molecule has 1 N–H and O–H groups in total. The van der Waals surface area contributed by atoms with E-state index in [1.54, 1.807) is 11.9 Å². The van der Waals surface area contributed by atoms with E-state index in [1.165, 1.54) is 0 Å². The number of amides is 1. The molecule has 0 radical (unpaired) electrons. The maximum Gasteiger partial charge on any atom is 0.410 e. The molecule has 1 amide bonds. The highest BCUT2D eigenvalue weighted by Crippen LogP contribution is 2.04. The number of carbonyl (C=O) groups excluding carboxylic acids is 1. The van der Waals surface area contributed by atoms with Crippen LogP contribution in [0.1, 0.15) is 12.5 Å². The Labute approximate surface area is 103 Å². The molecule has 0 saturated heterocycles. The summed E-state index contributed by atoms with van der Waals surface area (Å²) in [6.07, 6.45) is -0.295. The minimum absolute atomic E-state index is 0.114. The second-order valence-corrected chi connectivity index (χ2v) is 4.06. The molecule has 0 aliphatic rings. The van der Waals surface area contributed by atoms with E-state index >= 15 is 0 Å². The normalized spacial score (nSPS) is 11.9. The van der Waals surface area contributed by atoms with Crippen LogP contribution in [-0.4, -0.2) is 37.7 Å². The minimum atomic E-state index is -0.295. The van der Waals surface area contributed by atoms with E-state index < -0.39 is 0 Å². The first-order chi connectivity index (χ1) is 8.15. The van der Waals surface area contributed by atoms with Crippen LogP contribution in [0.25, 0.3) is 0 Å². The summed E-state index contributed by atoms with van der Waals surface area (Å²) in [5.41, 5.74) is 0.996. The molecule has 0 aromatic heterocycles. The Hall–Kier alpha value is -1.55. The molecule has 0 aliphatic carbocycles. The smallest absolute Gasteiger partial charge is 0.410 e. The molecule has 0 bridgehead atoms. The van der Waals surface area contributed by atoms with E-state index in [9.17, 15) is 4.79 Å². The Kier molecular flexibility index (Phi) is 5.49. The topological polar surface area (TPSA) is 41.6 Å². The van der Waals surface area contributed by atoms with Crippen LogP contribution in [0.4, 0.5) is 4.79 Å². The summed E-state index contributed by atoms with van der Waals surface area (Å²) in [7, 11) is 3.61. The summed E-state index contributed by atoms with van der Waals surface area (Å²) in [6.45, 7) is 3.04. The lowest BCUT2D eigenvalue weighted by Crippen LogP contribution is -2.40. The molecular formula is C13H20N2O2. The van der Waals surface area contributed by atoms with Crippen molar-refractivity contribution in [2.75, 3.05) is 20.6 Å². The molecule has 1 rings (SSSR count). The highest BCUT2D eigenvalue weighted by molar-refractivity contribution is 5.67. The van der Waals surface area contributed by atoms with Gasteiger partial charge in [-0.3, -0.25) is 0 Å². The third kappa shape index (κ3) is 4.44. The number of carbonyl (C=O) groups is 1. The predicted octanol–water partition coefficient (Wildman–Crippen LogP) is 1.86. The molecule has 94 valence electrons. The number of rotatable bonds is 5. The van der Waals surface area contributed by atoms with Crippen molar-refractivity contribution in [3.8, 4) is 0 Å². The Morgan fingerprint density at radius 1 is 1.41 bits per heavy atom. The van der Waals surface area contributed by atoms with E-state index in [-0.39, 0.29) is 12.1 Å². The predicted molar refractivity (Wildman–Crippen MR) is 67.8 cm³/mol. The van der Waals surface area contributed by atoms with Gasteiger partial charge in [-0.05, 0) is 19.5 Å². The lowest BCUT2D eigenvalue weighted by molar-refractivity contribution is 0.0936. The van der Waals surface area contributed by atoms with Crippen LogP contribution in [0, 0.1) is 0 Å². The summed E-state index contributed by atoms with van der Waals surface area (Å²) < 4.78 is 5.22. The van der Waals surface area contributed by atoms with Crippen LogP contribution < -0.4 is 5.32 Å². The fourth-order valence-electron chi connectivity index (χ4n) is 1.43. The molecule has 17 heavy (non-hydrogen) atoms. The molecule has 0 heterocycles. The van der Waals surface area contributed by atoms with Gasteiger partial charge in [-0.15, -0.1) is 0 Å². The largest absolute Gasteiger partial charge is 0.445 e. The zero-order valence-corrected chi connectivity index (χ0v) is 10.6. The van der Waals surface area contributed by atoms with E-state index in [2.05, 4.69) is 5.32 Å². The second kappa shape index (κ2) is 6.91. The molecular weight excluding hydrogens is 216 g/mol. The summed E-state index contributed by atoms with van der Waals surface area (Å²) in [5, 5.41) is 3.03. The van der Waals surface area contributed by atoms with Crippen molar-refractivity contribution in [3.63, 3.8) is 0 Å². The van der Waals surface area contributed by atoms with Crippen molar-refractivity contribution >= 4 is 6.09 Å². The van der Waals surface area contributed by atoms with Gasteiger partial charge in [-0.25, -0.2) is 4.79 Å². The number of hydrogen-bond acceptors (Lipinski definition) is 3. The number of ether oxygens (including phenoxy) is 1. The number of nitrogens with zero attached hydrogens (tertiary/aromatic N) is 1. The van der Waals surface area contributed by atoms with Crippen LogP contribution in [0.15, 0.2) is 30.3 Å². The Balaban J connectivity index is 2.39. The van der Waals surface area contributed by atoms with Gasteiger partial charge in [0.1, 0.15) is 6.61 Å². The Morgan fingerprint density at radius 2 is 2.06 bits per heavy atom. The van der Waals surface area contributed by atoms with E-state index in [1.807, 2.05) is 44.3 Å². The maximum atomic E-state index is 11.7. The van der Waals surface area contributed by atoms with Crippen LogP contribution in [0.5, 0.6) is 0 Å². The molecule has 4 heteroatoms. The third-order valence-corrected chi connectivity index (χ3v) is 2.65. The standard InChI is InChI=1S/C13H20N2O2/c1-11(9-14-2)15(3)13(16)17-10-12-7-5-4-6-8-12/h4-8,11,14H,9-10H2,1-3H3/t11-/m0/s1. The molecule has 0 saturated carbocycles. The first kappa shape index (κ1) is 13.5. The van der Waals surface area contributed by atoms with Crippen molar-refractivity contribution < 1.29 is 9.53 Å². The fraction of sp³-hybridized carbons (Fsp3) is 0.462. The van der Waals surface area contributed by atoms with Gasteiger partial charge >= 0.3 is 6.09 Å². The summed E-state index contributed by atoms with van der Waals surface area (Å²) >= 11 is 0. The zero-order valence-electron chi connectivity index (χ0n) is 10.6. The van der Waals surface area contributed by atoms with E-state index in [4.69, 9.17) is 4.74 Å². The lowest BCUT2D eigenvalue weighted by Gasteiger charge is -2.23. The molecule has 0 aliphatic heterocycles. The van der Waals surface area contributed by atoms with Crippen LogP contribution in [0.2, 0.25) is 0 Å². The van der Waals surface area contributed by atoms with Crippen molar-refractivity contribution in [2.45, 2.75) is 19.6 Å². The second-order valence-electron chi connectivity index (χ2n) is 4.06. The highest BCUT2D eigenvalue weighted by Gasteiger charge is 2.15. The zero-order chi connectivity index (χ0) is 12.7. The van der Waals surface area contributed by atoms with Crippen LogP contribution in [0.3, 0.4) is 0 Å². The lowest BCUT2D eigenvalue weighted by atomic mass is 10.2. The summed E-state index contributed by atoms with van der Waals surface area (Å²) in [5.74, 6) is 0. The van der Waals surface area contributed by atoms with Gasteiger partial charge in [0.2, 0.25) is 0 Å². The van der Waals surface area contributed by atoms with Crippen LogP contribution in [-0.2, 0) is 11.3 Å². The number of likely N-dealkylation sites (N-methyl/N-ethyl adjacent to an activating group) is 2. The molecule has 0 fully saturated rings. The average Bonchev–Trinajstić information content (AvgIpc) is 2.36. The molecule has 0 spiro atoms. The van der Waals surface area contributed by atoms with E-state index in [0.29, 0.717) is 6.61 Å².